The molecule has 2 unspecified atom stereocenters. The zero-order valence-corrected chi connectivity index (χ0v) is 13.7. The molecular formula is C17H21N5O2. The lowest BCUT2D eigenvalue weighted by molar-refractivity contribution is -0.154. The van der Waals surface area contributed by atoms with E-state index in [0.717, 1.165) is 25.5 Å². The molecule has 126 valence electrons. The number of rotatable bonds is 4. The van der Waals surface area contributed by atoms with Gasteiger partial charge in [-0.2, -0.15) is 0 Å². The van der Waals surface area contributed by atoms with Crippen LogP contribution in [0.3, 0.4) is 0 Å². The molecular weight excluding hydrogens is 306 g/mol. The van der Waals surface area contributed by atoms with E-state index in [0.29, 0.717) is 6.54 Å². The molecule has 2 aromatic heterocycles. The zero-order chi connectivity index (χ0) is 16.5. The van der Waals surface area contributed by atoms with Gasteiger partial charge in [0.15, 0.2) is 0 Å². The number of carbonyl (C=O) groups is 1. The molecule has 0 N–H and O–H groups in total. The molecule has 0 bridgehead atoms. The van der Waals surface area contributed by atoms with E-state index < -0.39 is 0 Å². The molecule has 2 fully saturated rings. The summed E-state index contributed by atoms with van der Waals surface area (Å²) in [6.45, 7) is 3.22. The molecule has 2 aliphatic rings. The summed E-state index contributed by atoms with van der Waals surface area (Å²) in [5.41, 5.74) is 1.23. The molecule has 2 aliphatic heterocycles. The SMILES string of the molecule is Cn1ccnc1CN1C(=O)COC2CN(Cc3ccncc3)CC21. The van der Waals surface area contributed by atoms with Gasteiger partial charge in [-0.1, -0.05) is 0 Å². The van der Waals surface area contributed by atoms with Gasteiger partial charge in [0.2, 0.25) is 5.91 Å². The molecule has 1 amide bonds. The molecule has 2 atom stereocenters. The number of likely N-dealkylation sites (tertiary alicyclic amines) is 1. The Kier molecular flexibility index (Phi) is 4.03. The second-order valence-corrected chi connectivity index (χ2v) is 6.44. The molecule has 0 aromatic carbocycles. The summed E-state index contributed by atoms with van der Waals surface area (Å²) in [6, 6.07) is 4.14. The van der Waals surface area contributed by atoms with Gasteiger partial charge in [0, 0.05) is 51.5 Å². The van der Waals surface area contributed by atoms with Gasteiger partial charge >= 0.3 is 0 Å². The van der Waals surface area contributed by atoms with Crippen molar-refractivity contribution in [2.75, 3.05) is 19.7 Å². The first-order valence-electron chi connectivity index (χ1n) is 8.19. The van der Waals surface area contributed by atoms with Gasteiger partial charge in [-0.3, -0.25) is 14.7 Å². The Bertz CT molecular complexity index is 717. The maximum absolute atomic E-state index is 12.4. The number of pyridine rings is 1. The third kappa shape index (κ3) is 2.92. The van der Waals surface area contributed by atoms with Gasteiger partial charge in [-0.25, -0.2) is 4.98 Å². The van der Waals surface area contributed by atoms with Gasteiger partial charge in [0.1, 0.15) is 12.4 Å². The average molecular weight is 327 g/mol. The van der Waals surface area contributed by atoms with E-state index in [2.05, 4.69) is 14.9 Å². The van der Waals surface area contributed by atoms with Crippen molar-refractivity contribution in [1.82, 2.24) is 24.3 Å². The van der Waals surface area contributed by atoms with Crippen molar-refractivity contribution in [3.05, 3.63) is 48.3 Å². The first kappa shape index (κ1) is 15.3. The van der Waals surface area contributed by atoms with E-state index in [-0.39, 0.29) is 24.7 Å². The number of nitrogens with zero attached hydrogens (tertiary/aromatic N) is 5. The number of fused-ring (bicyclic) bond motifs is 1. The minimum atomic E-state index is 0.0463. The summed E-state index contributed by atoms with van der Waals surface area (Å²) in [6.07, 6.45) is 7.37. The fourth-order valence-electron chi connectivity index (χ4n) is 3.52. The maximum Gasteiger partial charge on any atom is 0.249 e. The summed E-state index contributed by atoms with van der Waals surface area (Å²) in [5, 5.41) is 0. The van der Waals surface area contributed by atoms with E-state index in [1.54, 1.807) is 6.20 Å². The Morgan fingerprint density at radius 3 is 2.79 bits per heavy atom. The second kappa shape index (κ2) is 6.33. The van der Waals surface area contributed by atoms with Crippen molar-refractivity contribution in [2.45, 2.75) is 25.2 Å². The van der Waals surface area contributed by atoms with E-state index in [9.17, 15) is 4.79 Å². The number of imidazole rings is 1. The largest absolute Gasteiger partial charge is 0.365 e. The van der Waals surface area contributed by atoms with Gasteiger partial charge in [0.05, 0.1) is 18.7 Å². The van der Waals surface area contributed by atoms with Crippen LogP contribution < -0.4 is 0 Å². The van der Waals surface area contributed by atoms with Gasteiger partial charge < -0.3 is 14.2 Å². The monoisotopic (exact) mass is 327 g/mol. The standard InChI is InChI=1S/C17H21N5O2/c1-20-7-6-19-16(20)11-22-14-9-21(8-13-2-4-18-5-3-13)10-15(14)24-12-17(22)23/h2-7,14-15H,8-12H2,1H3. The van der Waals surface area contributed by atoms with Crippen LogP contribution in [-0.2, 0) is 29.7 Å². The Hall–Kier alpha value is -2.25. The average Bonchev–Trinajstić information content (AvgIpc) is 3.17. The number of amides is 1. The molecule has 2 aromatic rings. The van der Waals surface area contributed by atoms with Crippen molar-refractivity contribution >= 4 is 5.91 Å². The Morgan fingerprint density at radius 1 is 1.21 bits per heavy atom. The number of aromatic nitrogens is 3. The normalized spacial score (nSPS) is 24.4. The molecule has 0 aliphatic carbocycles. The number of morpholine rings is 1. The first-order chi connectivity index (χ1) is 11.7. The third-order valence-electron chi connectivity index (χ3n) is 4.84. The Labute approximate surface area is 140 Å². The second-order valence-electron chi connectivity index (χ2n) is 6.44. The lowest BCUT2D eigenvalue weighted by Gasteiger charge is -2.36. The number of hydrogen-bond acceptors (Lipinski definition) is 5. The Balaban J connectivity index is 1.48. The maximum atomic E-state index is 12.4. The zero-order valence-electron chi connectivity index (χ0n) is 13.7. The van der Waals surface area contributed by atoms with Crippen molar-refractivity contribution in [1.29, 1.82) is 0 Å². The molecule has 4 heterocycles. The fraction of sp³-hybridized carbons (Fsp3) is 0.471. The van der Waals surface area contributed by atoms with E-state index >= 15 is 0 Å². The van der Waals surface area contributed by atoms with Gasteiger partial charge in [-0.15, -0.1) is 0 Å². The topological polar surface area (TPSA) is 63.5 Å². The molecule has 24 heavy (non-hydrogen) atoms. The highest BCUT2D eigenvalue weighted by Gasteiger charge is 2.43. The molecule has 4 rings (SSSR count). The summed E-state index contributed by atoms with van der Waals surface area (Å²) in [4.78, 5) is 25.1. The van der Waals surface area contributed by atoms with Crippen molar-refractivity contribution < 1.29 is 9.53 Å². The molecule has 0 saturated carbocycles. The van der Waals surface area contributed by atoms with Crippen LogP contribution in [0.4, 0.5) is 0 Å². The minimum Gasteiger partial charge on any atom is -0.365 e. The van der Waals surface area contributed by atoms with Crippen LogP contribution >= 0.6 is 0 Å². The van der Waals surface area contributed by atoms with Crippen LogP contribution in [0.1, 0.15) is 11.4 Å². The highest BCUT2D eigenvalue weighted by molar-refractivity contribution is 5.78. The summed E-state index contributed by atoms with van der Waals surface area (Å²) in [5.74, 6) is 0.946. The fourth-order valence-corrected chi connectivity index (χ4v) is 3.52. The molecule has 0 radical (unpaired) electrons. The predicted octanol–water partition coefficient (Wildman–Crippen LogP) is 0.427. The molecule has 0 spiro atoms. The molecule has 7 nitrogen and oxygen atoms in total. The van der Waals surface area contributed by atoms with E-state index in [1.807, 2.05) is 47.2 Å². The highest BCUT2D eigenvalue weighted by Crippen LogP contribution is 2.26. The van der Waals surface area contributed by atoms with Gasteiger partial charge in [0.25, 0.3) is 0 Å². The van der Waals surface area contributed by atoms with Crippen LogP contribution in [-0.4, -0.2) is 62.1 Å². The number of ether oxygens (including phenoxy) is 1. The van der Waals surface area contributed by atoms with Crippen molar-refractivity contribution in [3.8, 4) is 0 Å². The van der Waals surface area contributed by atoms with E-state index in [1.165, 1.54) is 5.56 Å². The van der Waals surface area contributed by atoms with Crippen LogP contribution in [0.15, 0.2) is 36.9 Å². The smallest absolute Gasteiger partial charge is 0.249 e. The lowest BCUT2D eigenvalue weighted by atomic mass is 10.1. The summed E-state index contributed by atoms with van der Waals surface area (Å²) in [7, 11) is 1.95. The van der Waals surface area contributed by atoms with Crippen LogP contribution in [0.2, 0.25) is 0 Å². The quantitative estimate of drug-likeness (QED) is 0.815. The molecule has 2 saturated heterocycles. The Morgan fingerprint density at radius 2 is 2.04 bits per heavy atom. The van der Waals surface area contributed by atoms with Crippen LogP contribution in [0.25, 0.3) is 0 Å². The lowest BCUT2D eigenvalue weighted by Crippen LogP contribution is -2.53. The van der Waals surface area contributed by atoms with Crippen LogP contribution in [0, 0.1) is 0 Å². The van der Waals surface area contributed by atoms with Gasteiger partial charge in [-0.05, 0) is 17.7 Å². The van der Waals surface area contributed by atoms with Crippen molar-refractivity contribution in [2.24, 2.45) is 7.05 Å². The first-order valence-corrected chi connectivity index (χ1v) is 8.19. The number of hydrogen-bond donors (Lipinski definition) is 0. The number of aryl methyl sites for hydroxylation is 1. The third-order valence-corrected chi connectivity index (χ3v) is 4.84. The predicted molar refractivity (Wildman–Crippen MR) is 86.8 cm³/mol. The highest BCUT2D eigenvalue weighted by atomic mass is 16.5. The van der Waals surface area contributed by atoms with Crippen LogP contribution in [0.5, 0.6) is 0 Å². The number of carbonyl (C=O) groups excluding carboxylic acids is 1. The summed E-state index contributed by atoms with van der Waals surface area (Å²) < 4.78 is 7.75. The molecule has 7 heteroatoms. The minimum absolute atomic E-state index is 0.0463. The van der Waals surface area contributed by atoms with E-state index in [4.69, 9.17) is 4.74 Å². The summed E-state index contributed by atoms with van der Waals surface area (Å²) >= 11 is 0. The van der Waals surface area contributed by atoms with Crippen molar-refractivity contribution in [3.63, 3.8) is 0 Å².